The molecule has 2 unspecified atom stereocenters. The van der Waals surface area contributed by atoms with Crippen molar-refractivity contribution in [2.24, 2.45) is 5.92 Å². The Balaban J connectivity index is 1.10. The minimum absolute atomic E-state index is 0.0929. The third-order valence-corrected chi connectivity index (χ3v) is 14.0. The molecule has 0 aromatic heterocycles. The largest absolute Gasteiger partial charge is 0.333 e. The predicted molar refractivity (Wildman–Crippen MR) is 259 cm³/mol. The summed E-state index contributed by atoms with van der Waals surface area (Å²) in [6, 6.07) is 67.8. The summed E-state index contributed by atoms with van der Waals surface area (Å²) in [4.78, 5) is 2.72. The van der Waals surface area contributed by atoms with Crippen LogP contribution in [0.25, 0.3) is 50.1 Å². The molecular weight excluding hydrogens is 735 g/mol. The third-order valence-electron chi connectivity index (χ3n) is 14.0. The number of hydrogen-bond donors (Lipinski definition) is 0. The van der Waals surface area contributed by atoms with Crippen molar-refractivity contribution in [1.29, 1.82) is 0 Å². The van der Waals surface area contributed by atoms with Gasteiger partial charge in [0.2, 0.25) is 0 Å². The van der Waals surface area contributed by atoms with Crippen molar-refractivity contribution in [1.82, 2.24) is 0 Å². The average molecular weight is 786 g/mol. The number of benzene rings is 7. The van der Waals surface area contributed by atoms with Gasteiger partial charge in [0.25, 0.3) is 0 Å². The van der Waals surface area contributed by atoms with Crippen molar-refractivity contribution in [3.8, 4) is 33.4 Å². The summed E-state index contributed by atoms with van der Waals surface area (Å²) in [5.74, 6) is 0.266. The molecule has 4 aliphatic rings. The molecule has 11 rings (SSSR count). The van der Waals surface area contributed by atoms with Gasteiger partial charge in [0.15, 0.2) is 0 Å². The van der Waals surface area contributed by atoms with Crippen LogP contribution < -0.4 is 4.90 Å². The van der Waals surface area contributed by atoms with E-state index >= 15 is 0 Å². The highest BCUT2D eigenvalue weighted by atomic mass is 15.2. The van der Waals surface area contributed by atoms with Crippen molar-refractivity contribution in [3.05, 3.63) is 234 Å². The molecule has 4 aliphatic carbocycles. The van der Waals surface area contributed by atoms with Gasteiger partial charge in [0.1, 0.15) is 0 Å². The lowest BCUT2D eigenvalue weighted by Gasteiger charge is -2.42. The molecule has 61 heavy (non-hydrogen) atoms. The second kappa shape index (κ2) is 15.7. The lowest BCUT2D eigenvalue weighted by molar-refractivity contribution is 0.535. The van der Waals surface area contributed by atoms with Crippen LogP contribution in [0.15, 0.2) is 212 Å². The van der Waals surface area contributed by atoms with Crippen molar-refractivity contribution < 1.29 is 0 Å². The maximum Gasteiger partial charge on any atom is 0.0660 e. The van der Waals surface area contributed by atoms with Crippen LogP contribution in [0.5, 0.6) is 0 Å². The Bertz CT molecular complexity index is 2860. The van der Waals surface area contributed by atoms with Gasteiger partial charge < -0.3 is 4.90 Å². The molecule has 1 saturated carbocycles. The Morgan fingerprint density at radius 3 is 1.77 bits per heavy atom. The number of rotatable bonds is 8. The second-order valence-corrected chi connectivity index (χ2v) is 17.5. The molecule has 1 heteroatoms. The van der Waals surface area contributed by atoms with E-state index in [4.69, 9.17) is 0 Å². The Labute approximate surface area is 361 Å². The van der Waals surface area contributed by atoms with Gasteiger partial charge in [-0.25, -0.2) is 0 Å². The van der Waals surface area contributed by atoms with Crippen molar-refractivity contribution in [2.75, 3.05) is 4.90 Å². The Kier molecular flexibility index (Phi) is 9.62. The first-order chi connectivity index (χ1) is 30.2. The maximum atomic E-state index is 2.72. The van der Waals surface area contributed by atoms with E-state index in [1.54, 1.807) is 5.57 Å². The predicted octanol–water partition coefficient (Wildman–Crippen LogP) is 15.9. The first-order valence-corrected chi connectivity index (χ1v) is 22.4. The minimum Gasteiger partial charge on any atom is -0.333 e. The summed E-state index contributed by atoms with van der Waals surface area (Å²) >= 11 is 0. The van der Waals surface area contributed by atoms with Gasteiger partial charge in [-0.1, -0.05) is 208 Å². The summed E-state index contributed by atoms with van der Waals surface area (Å²) in [5.41, 5.74) is 21.3. The van der Waals surface area contributed by atoms with Gasteiger partial charge in [0, 0.05) is 22.4 Å². The zero-order chi connectivity index (χ0) is 40.8. The first-order valence-electron chi connectivity index (χ1n) is 22.4. The van der Waals surface area contributed by atoms with Gasteiger partial charge in [-0.3, -0.25) is 0 Å². The highest BCUT2D eigenvalue weighted by Gasteiger charge is 2.50. The number of para-hydroxylation sites is 1. The number of allylic oxidation sites excluding steroid dienone is 6. The highest BCUT2D eigenvalue weighted by molar-refractivity contribution is 5.98. The van der Waals surface area contributed by atoms with Crippen LogP contribution in [0.2, 0.25) is 0 Å². The molecule has 0 radical (unpaired) electrons. The van der Waals surface area contributed by atoms with Crippen molar-refractivity contribution in [2.45, 2.75) is 56.9 Å². The van der Waals surface area contributed by atoms with Crippen LogP contribution in [-0.2, 0) is 5.41 Å². The SMILES string of the molecule is CC1C=CC2=C(c3ccccc3C23CCCC3)C1N(c1ccc(C2=CCCC(c3ccccc3)=C2)cc1)c1ccccc1-c1ccccc1-c1ccccc1-c1ccccc1. The van der Waals surface area contributed by atoms with Crippen molar-refractivity contribution >= 4 is 28.1 Å². The Hall–Kier alpha value is -6.70. The number of hydrogen-bond acceptors (Lipinski definition) is 1. The molecule has 1 fully saturated rings. The van der Waals surface area contributed by atoms with Crippen molar-refractivity contribution in [3.63, 3.8) is 0 Å². The summed E-state index contributed by atoms with van der Waals surface area (Å²) < 4.78 is 0. The Morgan fingerprint density at radius 2 is 1.07 bits per heavy atom. The average Bonchev–Trinajstić information content (AvgIpc) is 3.94. The normalized spacial score (nSPS) is 18.7. The minimum atomic E-state index is 0.0929. The number of nitrogens with zero attached hydrogens (tertiary/aromatic N) is 1. The quantitative estimate of drug-likeness (QED) is 0.148. The van der Waals surface area contributed by atoms with E-state index in [0.717, 1.165) is 12.8 Å². The highest BCUT2D eigenvalue weighted by Crippen LogP contribution is 2.60. The molecule has 7 aromatic rings. The van der Waals surface area contributed by atoms with Crippen LogP contribution in [0.3, 0.4) is 0 Å². The zero-order valence-corrected chi connectivity index (χ0v) is 35.0. The number of anilines is 2. The fraction of sp³-hybridized carbons (Fsp3) is 0.167. The fourth-order valence-electron chi connectivity index (χ4n) is 11.2. The van der Waals surface area contributed by atoms with Crippen LogP contribution in [0.4, 0.5) is 11.4 Å². The van der Waals surface area contributed by atoms with E-state index in [1.807, 2.05) is 0 Å². The monoisotopic (exact) mass is 785 g/mol. The smallest absolute Gasteiger partial charge is 0.0660 e. The molecule has 296 valence electrons. The van der Waals surface area contributed by atoms with Gasteiger partial charge in [-0.2, -0.15) is 0 Å². The van der Waals surface area contributed by atoms with E-state index in [9.17, 15) is 0 Å². The van der Waals surface area contributed by atoms with Crippen LogP contribution >= 0.6 is 0 Å². The molecule has 0 amide bonds. The molecular formula is C60H51N. The van der Waals surface area contributed by atoms with Crippen LogP contribution in [-0.4, -0.2) is 6.04 Å². The van der Waals surface area contributed by atoms with E-state index in [2.05, 4.69) is 218 Å². The Morgan fingerprint density at radius 1 is 0.508 bits per heavy atom. The summed E-state index contributed by atoms with van der Waals surface area (Å²) in [5, 5.41) is 0. The second-order valence-electron chi connectivity index (χ2n) is 17.5. The summed E-state index contributed by atoms with van der Waals surface area (Å²) in [6.07, 6.45) is 17.0. The molecule has 0 saturated heterocycles. The standard InChI is InChI=1S/C60H51N/c1-42-33-38-56-58(54-30-12-14-31-55(54)60(56)39-16-17-40-60)59(42)61(48-36-34-44(35-37-48)47-24-18-23-46(41-47)43-19-4-2-5-20-43)57-32-15-13-29-53(57)52-28-11-10-27-51(52)50-26-9-8-25-49(50)45-21-6-3-7-22-45/h2-15,19-22,24-38,41-42,59H,16-18,23,39-40H2,1H3. The maximum absolute atomic E-state index is 2.72. The van der Waals surface area contributed by atoms with Crippen LogP contribution in [0.1, 0.15) is 67.7 Å². The molecule has 0 heterocycles. The van der Waals surface area contributed by atoms with E-state index in [1.165, 1.54) is 109 Å². The summed E-state index contributed by atoms with van der Waals surface area (Å²) in [6.45, 7) is 2.43. The van der Waals surface area contributed by atoms with Gasteiger partial charge >= 0.3 is 0 Å². The fourth-order valence-corrected chi connectivity index (χ4v) is 11.2. The molecule has 0 N–H and O–H groups in total. The van der Waals surface area contributed by atoms with E-state index in [0.29, 0.717) is 0 Å². The van der Waals surface area contributed by atoms with Gasteiger partial charge in [0.05, 0.1) is 6.04 Å². The zero-order valence-electron chi connectivity index (χ0n) is 35.0. The number of fused-ring (bicyclic) bond motifs is 4. The lowest BCUT2D eigenvalue weighted by atomic mass is 9.73. The van der Waals surface area contributed by atoms with Crippen LogP contribution in [0, 0.1) is 5.92 Å². The molecule has 0 aliphatic heterocycles. The molecule has 2 atom stereocenters. The lowest BCUT2D eigenvalue weighted by Crippen LogP contribution is -2.39. The first kappa shape index (κ1) is 37.3. The van der Waals surface area contributed by atoms with E-state index in [-0.39, 0.29) is 17.4 Å². The van der Waals surface area contributed by atoms with Gasteiger partial charge in [-0.15, -0.1) is 0 Å². The topological polar surface area (TPSA) is 3.24 Å². The molecule has 1 nitrogen and oxygen atoms in total. The third kappa shape index (κ3) is 6.46. The van der Waals surface area contributed by atoms with E-state index < -0.39 is 0 Å². The van der Waals surface area contributed by atoms with Gasteiger partial charge in [-0.05, 0) is 122 Å². The molecule has 7 aromatic carbocycles. The summed E-state index contributed by atoms with van der Waals surface area (Å²) in [7, 11) is 0. The molecule has 1 spiro atoms. The molecule has 0 bridgehead atoms.